The van der Waals surface area contributed by atoms with Gasteiger partial charge in [-0.25, -0.2) is 4.79 Å². The summed E-state index contributed by atoms with van der Waals surface area (Å²) in [5.41, 5.74) is 1.48. The molecule has 0 aliphatic heterocycles. The predicted octanol–water partition coefficient (Wildman–Crippen LogP) is 0.902. The van der Waals surface area contributed by atoms with Gasteiger partial charge in [0.25, 0.3) is 0 Å². The standard InChI is InChI=1S/C12H16N2O3/c1-8(7-15)14-10-5-4-9(17-3)6-11(10)13(2)12(14)16/h4-6,8,15H,7H2,1-3H3. The van der Waals surface area contributed by atoms with Crippen molar-refractivity contribution < 1.29 is 9.84 Å². The summed E-state index contributed by atoms with van der Waals surface area (Å²) >= 11 is 0. The summed E-state index contributed by atoms with van der Waals surface area (Å²) in [5, 5.41) is 9.19. The number of imidazole rings is 1. The molecular weight excluding hydrogens is 220 g/mol. The van der Waals surface area contributed by atoms with E-state index in [1.54, 1.807) is 23.3 Å². The Morgan fingerprint density at radius 1 is 1.41 bits per heavy atom. The van der Waals surface area contributed by atoms with Crippen molar-refractivity contribution in [2.75, 3.05) is 13.7 Å². The molecule has 1 heterocycles. The number of benzene rings is 1. The third-order valence-electron chi connectivity index (χ3n) is 3.00. The summed E-state index contributed by atoms with van der Waals surface area (Å²) in [4.78, 5) is 12.1. The van der Waals surface area contributed by atoms with Gasteiger partial charge in [-0.3, -0.25) is 9.13 Å². The number of hydrogen-bond acceptors (Lipinski definition) is 3. The number of aromatic nitrogens is 2. The molecule has 1 aromatic heterocycles. The molecule has 17 heavy (non-hydrogen) atoms. The first-order chi connectivity index (χ1) is 8.10. The Kier molecular flexibility index (Phi) is 2.93. The molecule has 0 aliphatic carbocycles. The van der Waals surface area contributed by atoms with E-state index in [4.69, 9.17) is 4.74 Å². The van der Waals surface area contributed by atoms with Gasteiger partial charge in [-0.15, -0.1) is 0 Å². The van der Waals surface area contributed by atoms with Crippen LogP contribution in [0.5, 0.6) is 5.75 Å². The van der Waals surface area contributed by atoms with Crippen LogP contribution in [-0.4, -0.2) is 28.0 Å². The molecule has 1 atom stereocenters. The Hall–Kier alpha value is -1.75. The molecule has 1 N–H and O–H groups in total. The molecule has 1 aromatic carbocycles. The normalized spacial score (nSPS) is 12.9. The van der Waals surface area contributed by atoms with Crippen LogP contribution in [0.15, 0.2) is 23.0 Å². The quantitative estimate of drug-likeness (QED) is 0.861. The number of rotatable bonds is 3. The van der Waals surface area contributed by atoms with Crippen LogP contribution in [0, 0.1) is 0 Å². The van der Waals surface area contributed by atoms with Crippen molar-refractivity contribution in [2.45, 2.75) is 13.0 Å². The second-order valence-electron chi connectivity index (χ2n) is 4.10. The van der Waals surface area contributed by atoms with Crippen LogP contribution in [0.1, 0.15) is 13.0 Å². The lowest BCUT2D eigenvalue weighted by Gasteiger charge is -2.09. The molecule has 0 spiro atoms. The molecule has 0 fully saturated rings. The van der Waals surface area contributed by atoms with Gasteiger partial charge in [-0.1, -0.05) is 0 Å². The summed E-state index contributed by atoms with van der Waals surface area (Å²) in [6.07, 6.45) is 0. The summed E-state index contributed by atoms with van der Waals surface area (Å²) in [6, 6.07) is 5.22. The van der Waals surface area contributed by atoms with E-state index in [-0.39, 0.29) is 18.3 Å². The SMILES string of the molecule is COc1ccc2c(c1)n(C)c(=O)n2C(C)CO. The van der Waals surface area contributed by atoms with E-state index in [1.807, 2.05) is 25.1 Å². The molecule has 2 aromatic rings. The molecule has 5 heteroatoms. The van der Waals surface area contributed by atoms with Crippen LogP contribution >= 0.6 is 0 Å². The molecule has 0 saturated heterocycles. The zero-order valence-electron chi connectivity index (χ0n) is 10.2. The van der Waals surface area contributed by atoms with Crippen LogP contribution in [-0.2, 0) is 7.05 Å². The minimum absolute atomic E-state index is 0.0644. The van der Waals surface area contributed by atoms with Gasteiger partial charge in [0.1, 0.15) is 5.75 Å². The Labute approximate surface area is 98.9 Å². The van der Waals surface area contributed by atoms with Crippen molar-refractivity contribution >= 4 is 11.0 Å². The zero-order valence-corrected chi connectivity index (χ0v) is 10.2. The second kappa shape index (κ2) is 4.25. The highest BCUT2D eigenvalue weighted by atomic mass is 16.5. The van der Waals surface area contributed by atoms with E-state index in [0.29, 0.717) is 5.75 Å². The number of aliphatic hydroxyl groups is 1. The Morgan fingerprint density at radius 2 is 2.12 bits per heavy atom. The van der Waals surface area contributed by atoms with E-state index in [1.165, 1.54) is 0 Å². The van der Waals surface area contributed by atoms with Gasteiger partial charge in [-0.05, 0) is 19.1 Å². The van der Waals surface area contributed by atoms with E-state index < -0.39 is 0 Å². The van der Waals surface area contributed by atoms with Crippen molar-refractivity contribution in [3.05, 3.63) is 28.7 Å². The van der Waals surface area contributed by atoms with Crippen molar-refractivity contribution in [3.8, 4) is 5.75 Å². The highest BCUT2D eigenvalue weighted by Crippen LogP contribution is 2.21. The molecule has 0 amide bonds. The lowest BCUT2D eigenvalue weighted by molar-refractivity contribution is 0.238. The van der Waals surface area contributed by atoms with Gasteiger partial charge in [0.05, 0.1) is 30.8 Å². The summed E-state index contributed by atoms with van der Waals surface area (Å²) in [6.45, 7) is 1.75. The third-order valence-corrected chi connectivity index (χ3v) is 3.00. The highest BCUT2D eigenvalue weighted by Gasteiger charge is 2.15. The smallest absolute Gasteiger partial charge is 0.329 e. The fourth-order valence-corrected chi connectivity index (χ4v) is 1.98. The first-order valence-corrected chi connectivity index (χ1v) is 5.46. The molecule has 0 aliphatic rings. The number of fused-ring (bicyclic) bond motifs is 1. The number of hydrogen-bond donors (Lipinski definition) is 1. The number of methoxy groups -OCH3 is 1. The van der Waals surface area contributed by atoms with Crippen molar-refractivity contribution in [3.63, 3.8) is 0 Å². The van der Waals surface area contributed by atoms with Crippen LogP contribution in [0.3, 0.4) is 0 Å². The van der Waals surface area contributed by atoms with Gasteiger partial charge in [0, 0.05) is 13.1 Å². The first kappa shape index (κ1) is 11.7. The van der Waals surface area contributed by atoms with Gasteiger partial charge < -0.3 is 9.84 Å². The molecule has 2 rings (SSSR count). The fraction of sp³-hybridized carbons (Fsp3) is 0.417. The lowest BCUT2D eigenvalue weighted by Crippen LogP contribution is -2.26. The van der Waals surface area contributed by atoms with E-state index in [2.05, 4.69) is 0 Å². The van der Waals surface area contributed by atoms with Crippen LogP contribution in [0.25, 0.3) is 11.0 Å². The van der Waals surface area contributed by atoms with Gasteiger partial charge in [0.2, 0.25) is 0 Å². The molecule has 92 valence electrons. The minimum atomic E-state index is -0.236. The Balaban J connectivity index is 2.78. The number of nitrogens with zero attached hydrogens (tertiary/aromatic N) is 2. The maximum Gasteiger partial charge on any atom is 0.329 e. The third kappa shape index (κ3) is 1.72. The highest BCUT2D eigenvalue weighted by molar-refractivity contribution is 5.78. The average Bonchev–Trinajstić information content (AvgIpc) is 2.61. The van der Waals surface area contributed by atoms with Crippen molar-refractivity contribution in [1.29, 1.82) is 0 Å². The number of aliphatic hydroxyl groups excluding tert-OH is 1. The van der Waals surface area contributed by atoms with Crippen LogP contribution < -0.4 is 10.4 Å². The Morgan fingerprint density at radius 3 is 2.71 bits per heavy atom. The fourth-order valence-electron chi connectivity index (χ4n) is 1.98. The molecule has 5 nitrogen and oxygen atoms in total. The summed E-state index contributed by atoms with van der Waals surface area (Å²) < 4.78 is 8.29. The monoisotopic (exact) mass is 236 g/mol. The van der Waals surface area contributed by atoms with Crippen molar-refractivity contribution in [1.82, 2.24) is 9.13 Å². The number of ether oxygens (including phenoxy) is 1. The molecule has 1 unspecified atom stereocenters. The molecule has 0 saturated carbocycles. The summed E-state index contributed by atoms with van der Waals surface area (Å²) in [5.74, 6) is 0.710. The van der Waals surface area contributed by atoms with E-state index in [9.17, 15) is 9.90 Å². The van der Waals surface area contributed by atoms with Gasteiger partial charge in [0.15, 0.2) is 0 Å². The van der Waals surface area contributed by atoms with Gasteiger partial charge >= 0.3 is 5.69 Å². The molecule has 0 radical (unpaired) electrons. The van der Waals surface area contributed by atoms with Gasteiger partial charge in [-0.2, -0.15) is 0 Å². The second-order valence-corrected chi connectivity index (χ2v) is 4.10. The zero-order chi connectivity index (χ0) is 12.6. The lowest BCUT2D eigenvalue weighted by atomic mass is 10.2. The first-order valence-electron chi connectivity index (χ1n) is 5.46. The van der Waals surface area contributed by atoms with Crippen LogP contribution in [0.2, 0.25) is 0 Å². The predicted molar refractivity (Wildman–Crippen MR) is 65.5 cm³/mol. The van der Waals surface area contributed by atoms with Crippen LogP contribution in [0.4, 0.5) is 0 Å². The summed E-state index contributed by atoms with van der Waals surface area (Å²) in [7, 11) is 3.30. The molecule has 0 bridgehead atoms. The maximum absolute atomic E-state index is 12.1. The Bertz CT molecular complexity index is 598. The van der Waals surface area contributed by atoms with E-state index >= 15 is 0 Å². The maximum atomic E-state index is 12.1. The molecular formula is C12H16N2O3. The minimum Gasteiger partial charge on any atom is -0.497 e. The van der Waals surface area contributed by atoms with Crippen molar-refractivity contribution in [2.24, 2.45) is 7.05 Å². The largest absolute Gasteiger partial charge is 0.497 e. The average molecular weight is 236 g/mol. The number of aryl methyl sites for hydroxylation is 1. The topological polar surface area (TPSA) is 56.4 Å². The van der Waals surface area contributed by atoms with E-state index in [0.717, 1.165) is 11.0 Å².